The van der Waals surface area contributed by atoms with Crippen LogP contribution in [0.4, 0.5) is 11.4 Å². The van der Waals surface area contributed by atoms with E-state index < -0.39 is 29.9 Å². The van der Waals surface area contributed by atoms with Crippen molar-refractivity contribution < 1.29 is 28.7 Å². The Morgan fingerprint density at radius 1 is 0.744 bits per heavy atom. The standard InChI is InChI=1S/C31H24N2O6/c1-37-25-19-21(17-18-24(25)38-31(36)20-11-5-2-6-12-20)27-26-28(39-33(27)23-15-9-4-10-16-23)30(35)32(29(26)34)22-13-7-3-8-14-22/h2-19,26-28H,1H3/t26-,27+,28+/m0/s1. The van der Waals surface area contributed by atoms with Crippen LogP contribution in [0.5, 0.6) is 11.5 Å². The molecular formula is C31H24N2O6. The van der Waals surface area contributed by atoms with E-state index in [0.717, 1.165) is 0 Å². The van der Waals surface area contributed by atoms with Crippen LogP contribution >= 0.6 is 0 Å². The second-order valence-electron chi connectivity index (χ2n) is 9.17. The van der Waals surface area contributed by atoms with Crippen LogP contribution in [0.25, 0.3) is 0 Å². The van der Waals surface area contributed by atoms with Crippen LogP contribution in [0.1, 0.15) is 22.0 Å². The lowest BCUT2D eigenvalue weighted by Gasteiger charge is -2.29. The average Bonchev–Trinajstić information content (AvgIpc) is 3.50. The van der Waals surface area contributed by atoms with Gasteiger partial charge in [-0.3, -0.25) is 14.4 Å². The molecule has 3 atom stereocenters. The van der Waals surface area contributed by atoms with Gasteiger partial charge in [0.15, 0.2) is 17.6 Å². The molecule has 2 aliphatic heterocycles. The number of amides is 2. The summed E-state index contributed by atoms with van der Waals surface area (Å²) in [6, 6.07) is 31.2. The molecular weight excluding hydrogens is 496 g/mol. The molecule has 2 amide bonds. The molecule has 194 valence electrons. The van der Waals surface area contributed by atoms with Crippen molar-refractivity contribution in [2.45, 2.75) is 12.1 Å². The minimum absolute atomic E-state index is 0.233. The Kier molecular flexibility index (Phi) is 6.30. The Bertz CT molecular complexity index is 1530. The molecule has 39 heavy (non-hydrogen) atoms. The van der Waals surface area contributed by atoms with Crippen LogP contribution < -0.4 is 19.4 Å². The number of carbonyl (C=O) groups is 3. The molecule has 2 saturated heterocycles. The summed E-state index contributed by atoms with van der Waals surface area (Å²) in [5, 5.41) is 1.61. The lowest BCUT2D eigenvalue weighted by molar-refractivity contribution is -0.126. The van der Waals surface area contributed by atoms with Gasteiger partial charge in [0.05, 0.1) is 30.1 Å². The van der Waals surface area contributed by atoms with Crippen molar-refractivity contribution in [1.29, 1.82) is 0 Å². The number of esters is 1. The van der Waals surface area contributed by atoms with Crippen LogP contribution in [0.15, 0.2) is 109 Å². The van der Waals surface area contributed by atoms with E-state index in [2.05, 4.69) is 0 Å². The third-order valence-electron chi connectivity index (χ3n) is 6.88. The average molecular weight is 521 g/mol. The topological polar surface area (TPSA) is 85.4 Å². The van der Waals surface area contributed by atoms with E-state index in [9.17, 15) is 14.4 Å². The zero-order valence-electron chi connectivity index (χ0n) is 21.0. The summed E-state index contributed by atoms with van der Waals surface area (Å²) in [7, 11) is 1.48. The maximum Gasteiger partial charge on any atom is 0.343 e. The first kappa shape index (κ1) is 24.4. The summed E-state index contributed by atoms with van der Waals surface area (Å²) in [4.78, 5) is 47.3. The van der Waals surface area contributed by atoms with E-state index in [0.29, 0.717) is 28.3 Å². The van der Waals surface area contributed by atoms with E-state index in [1.807, 2.05) is 42.5 Å². The van der Waals surface area contributed by atoms with Crippen molar-refractivity contribution in [3.63, 3.8) is 0 Å². The summed E-state index contributed by atoms with van der Waals surface area (Å²) in [5.41, 5.74) is 2.26. The van der Waals surface area contributed by atoms with Crippen LogP contribution in [-0.4, -0.2) is 31.0 Å². The first-order valence-corrected chi connectivity index (χ1v) is 12.5. The van der Waals surface area contributed by atoms with E-state index in [4.69, 9.17) is 14.3 Å². The highest BCUT2D eigenvalue weighted by molar-refractivity contribution is 6.23. The number of benzene rings is 4. The number of hydrogen-bond donors (Lipinski definition) is 0. The van der Waals surface area contributed by atoms with Gasteiger partial charge in [0.2, 0.25) is 5.91 Å². The van der Waals surface area contributed by atoms with Gasteiger partial charge >= 0.3 is 5.97 Å². The lowest BCUT2D eigenvalue weighted by atomic mass is 9.90. The maximum atomic E-state index is 13.8. The number of methoxy groups -OCH3 is 1. The molecule has 0 aromatic heterocycles. The fourth-order valence-electron chi connectivity index (χ4n) is 5.07. The van der Waals surface area contributed by atoms with E-state index in [1.54, 1.807) is 71.8 Å². The minimum Gasteiger partial charge on any atom is -0.493 e. The first-order valence-electron chi connectivity index (χ1n) is 12.5. The van der Waals surface area contributed by atoms with E-state index in [-0.39, 0.29) is 11.7 Å². The highest BCUT2D eigenvalue weighted by Crippen LogP contribution is 2.48. The monoisotopic (exact) mass is 520 g/mol. The van der Waals surface area contributed by atoms with Crippen LogP contribution in [-0.2, 0) is 14.4 Å². The Morgan fingerprint density at radius 3 is 2.00 bits per heavy atom. The Morgan fingerprint density at radius 2 is 1.36 bits per heavy atom. The summed E-state index contributed by atoms with van der Waals surface area (Å²) in [6.45, 7) is 0. The second-order valence-corrected chi connectivity index (χ2v) is 9.17. The zero-order chi connectivity index (χ0) is 26.9. The molecule has 2 heterocycles. The molecule has 0 saturated carbocycles. The maximum absolute atomic E-state index is 13.8. The molecule has 0 radical (unpaired) electrons. The summed E-state index contributed by atoms with van der Waals surface area (Å²) >= 11 is 0. The number of anilines is 2. The quantitative estimate of drug-likeness (QED) is 0.202. The van der Waals surface area contributed by atoms with Crippen molar-refractivity contribution in [3.8, 4) is 11.5 Å². The number of rotatable bonds is 6. The van der Waals surface area contributed by atoms with Gasteiger partial charge in [0.1, 0.15) is 5.92 Å². The molecule has 8 heteroatoms. The number of hydroxylamine groups is 1. The van der Waals surface area contributed by atoms with Gasteiger partial charge in [0, 0.05) is 0 Å². The van der Waals surface area contributed by atoms with Gasteiger partial charge in [-0.15, -0.1) is 0 Å². The normalized spacial score (nSPS) is 20.2. The predicted octanol–water partition coefficient (Wildman–Crippen LogP) is 4.97. The number of hydrogen-bond acceptors (Lipinski definition) is 7. The predicted molar refractivity (Wildman–Crippen MR) is 143 cm³/mol. The third-order valence-corrected chi connectivity index (χ3v) is 6.88. The molecule has 4 aromatic rings. The van der Waals surface area contributed by atoms with Gasteiger partial charge in [0.25, 0.3) is 5.91 Å². The number of nitrogens with zero attached hydrogens (tertiary/aromatic N) is 2. The molecule has 0 aliphatic carbocycles. The van der Waals surface area contributed by atoms with Crippen molar-refractivity contribution in [1.82, 2.24) is 0 Å². The third kappa shape index (κ3) is 4.30. The Balaban J connectivity index is 1.38. The molecule has 0 N–H and O–H groups in total. The van der Waals surface area contributed by atoms with Gasteiger partial charge in [-0.05, 0) is 54.1 Å². The first-order chi connectivity index (χ1) is 19.1. The number of imide groups is 1. The van der Waals surface area contributed by atoms with Crippen LogP contribution in [0.2, 0.25) is 0 Å². The summed E-state index contributed by atoms with van der Waals surface area (Å²) in [6.07, 6.45) is -0.996. The number of carbonyl (C=O) groups excluding carboxylic acids is 3. The van der Waals surface area contributed by atoms with E-state index >= 15 is 0 Å². The minimum atomic E-state index is -0.996. The smallest absolute Gasteiger partial charge is 0.343 e. The Labute approximate surface area is 224 Å². The van der Waals surface area contributed by atoms with Crippen molar-refractivity contribution in [2.24, 2.45) is 5.92 Å². The molecule has 6 rings (SSSR count). The summed E-state index contributed by atoms with van der Waals surface area (Å²) in [5.74, 6) is -1.55. The highest BCUT2D eigenvalue weighted by atomic mass is 16.7. The Hall–Kier alpha value is -4.95. The lowest BCUT2D eigenvalue weighted by Crippen LogP contribution is -2.37. The van der Waals surface area contributed by atoms with Gasteiger partial charge in [-0.1, -0.05) is 60.7 Å². The van der Waals surface area contributed by atoms with Crippen LogP contribution in [0.3, 0.4) is 0 Å². The van der Waals surface area contributed by atoms with Crippen molar-refractivity contribution >= 4 is 29.2 Å². The second kappa shape index (κ2) is 10.1. The largest absolute Gasteiger partial charge is 0.493 e. The fraction of sp³-hybridized carbons (Fsp3) is 0.129. The van der Waals surface area contributed by atoms with Gasteiger partial charge in [-0.25, -0.2) is 14.8 Å². The number of para-hydroxylation sites is 2. The molecule has 2 aliphatic rings. The molecule has 4 aromatic carbocycles. The van der Waals surface area contributed by atoms with E-state index in [1.165, 1.54) is 12.0 Å². The molecule has 2 fully saturated rings. The number of ether oxygens (including phenoxy) is 2. The highest BCUT2D eigenvalue weighted by Gasteiger charge is 2.60. The molecule has 0 bridgehead atoms. The van der Waals surface area contributed by atoms with Gasteiger partial charge in [-0.2, -0.15) is 0 Å². The molecule has 0 spiro atoms. The molecule has 8 nitrogen and oxygen atoms in total. The zero-order valence-corrected chi connectivity index (χ0v) is 21.0. The SMILES string of the molecule is COc1cc([C@@H]2[C@@H]3C(=O)N(c4ccccc4)C(=O)[C@@H]3ON2c2ccccc2)ccc1OC(=O)c1ccccc1. The summed E-state index contributed by atoms with van der Waals surface area (Å²) < 4.78 is 11.2. The van der Waals surface area contributed by atoms with Crippen LogP contribution in [0, 0.1) is 5.92 Å². The number of fused-ring (bicyclic) bond motifs is 1. The van der Waals surface area contributed by atoms with Crippen molar-refractivity contribution in [2.75, 3.05) is 17.1 Å². The fourth-order valence-corrected chi connectivity index (χ4v) is 5.07. The van der Waals surface area contributed by atoms with Gasteiger partial charge < -0.3 is 9.47 Å². The van der Waals surface area contributed by atoms with Crippen molar-refractivity contribution in [3.05, 3.63) is 120 Å². The molecule has 0 unspecified atom stereocenters.